The lowest BCUT2D eigenvalue weighted by Gasteiger charge is -2.35. The third-order valence-electron chi connectivity index (χ3n) is 3.24. The lowest BCUT2D eigenvalue weighted by molar-refractivity contribution is -0.00855. The van der Waals surface area contributed by atoms with Crippen molar-refractivity contribution < 1.29 is 9.84 Å². The summed E-state index contributed by atoms with van der Waals surface area (Å²) in [6, 6.07) is 0. The number of alkyl halides is 1. The second kappa shape index (κ2) is 6.81. The predicted octanol–water partition coefficient (Wildman–Crippen LogP) is 2.97. The molecule has 0 heterocycles. The highest BCUT2D eigenvalue weighted by Crippen LogP contribution is 2.33. The number of methoxy groups -OCH3 is 1. The summed E-state index contributed by atoms with van der Waals surface area (Å²) >= 11 is 3.33. The van der Waals surface area contributed by atoms with Crippen molar-refractivity contribution in [3.05, 3.63) is 0 Å². The lowest BCUT2D eigenvalue weighted by Crippen LogP contribution is -2.36. The van der Waals surface area contributed by atoms with Gasteiger partial charge in [0.25, 0.3) is 0 Å². The molecule has 2 nitrogen and oxygen atoms in total. The third kappa shape index (κ3) is 3.87. The van der Waals surface area contributed by atoms with Crippen LogP contribution in [0.2, 0.25) is 0 Å². The molecule has 0 aliphatic rings. The van der Waals surface area contributed by atoms with Crippen molar-refractivity contribution in [2.75, 3.05) is 12.4 Å². The molecule has 0 spiro atoms. The van der Waals surface area contributed by atoms with Gasteiger partial charge in [0.1, 0.15) is 0 Å². The van der Waals surface area contributed by atoms with Crippen LogP contribution in [-0.2, 0) is 4.74 Å². The molecule has 1 N–H and O–H groups in total. The molecule has 0 aromatic carbocycles. The first-order valence-electron chi connectivity index (χ1n) is 5.30. The Balaban J connectivity index is 4.36. The zero-order chi connectivity index (χ0) is 11.2. The molecule has 14 heavy (non-hydrogen) atoms. The minimum atomic E-state index is -0.295. The first-order valence-corrected chi connectivity index (χ1v) is 6.43. The first kappa shape index (κ1) is 14.4. The number of aliphatic hydroxyl groups is 1. The van der Waals surface area contributed by atoms with Crippen molar-refractivity contribution >= 4 is 15.9 Å². The van der Waals surface area contributed by atoms with Crippen LogP contribution in [-0.4, -0.2) is 29.8 Å². The van der Waals surface area contributed by atoms with E-state index in [1.165, 1.54) is 0 Å². The highest BCUT2D eigenvalue weighted by Gasteiger charge is 2.32. The molecule has 0 rings (SSSR count). The number of rotatable bonds is 7. The number of hydrogen-bond acceptors (Lipinski definition) is 2. The van der Waals surface area contributed by atoms with E-state index in [9.17, 15) is 5.11 Å². The summed E-state index contributed by atoms with van der Waals surface area (Å²) in [5.41, 5.74) is -0.0415. The molecule has 0 aliphatic carbocycles. The summed E-state index contributed by atoms with van der Waals surface area (Å²) in [5.74, 6) is 0. The summed E-state index contributed by atoms with van der Waals surface area (Å²) in [6.45, 7) is 6.36. The van der Waals surface area contributed by atoms with Crippen LogP contribution in [0, 0.1) is 5.41 Å². The van der Waals surface area contributed by atoms with Crippen molar-refractivity contribution in [2.24, 2.45) is 5.41 Å². The van der Waals surface area contributed by atoms with E-state index in [2.05, 4.69) is 36.7 Å². The minimum absolute atomic E-state index is 0.0415. The first-order chi connectivity index (χ1) is 6.53. The Bertz CT molecular complexity index is 148. The van der Waals surface area contributed by atoms with Crippen molar-refractivity contribution in [1.82, 2.24) is 0 Å². The Morgan fingerprint density at radius 1 is 1.43 bits per heavy atom. The fourth-order valence-electron chi connectivity index (χ4n) is 1.62. The Labute approximate surface area is 96.2 Å². The Kier molecular flexibility index (Phi) is 7.00. The standard InChI is InChI=1S/C11H23BrO2/c1-5-9(14-4)7-11(3,6-2)10(13)8-12/h9-10,13H,5-8H2,1-4H3. The van der Waals surface area contributed by atoms with Crippen molar-refractivity contribution in [1.29, 1.82) is 0 Å². The van der Waals surface area contributed by atoms with Crippen LogP contribution in [0.3, 0.4) is 0 Å². The van der Waals surface area contributed by atoms with Crippen LogP contribution in [0.25, 0.3) is 0 Å². The molecule has 0 bridgehead atoms. The van der Waals surface area contributed by atoms with Crippen LogP contribution in [0.5, 0.6) is 0 Å². The fraction of sp³-hybridized carbons (Fsp3) is 1.00. The van der Waals surface area contributed by atoms with E-state index in [1.54, 1.807) is 7.11 Å². The molecule has 0 saturated carbocycles. The summed E-state index contributed by atoms with van der Waals surface area (Å²) in [4.78, 5) is 0. The SMILES string of the molecule is CCC(CC(C)(CC)C(O)CBr)OC. The number of hydrogen-bond donors (Lipinski definition) is 1. The van der Waals surface area contributed by atoms with Gasteiger partial charge in [0.15, 0.2) is 0 Å². The maximum Gasteiger partial charge on any atom is 0.0691 e. The van der Waals surface area contributed by atoms with E-state index < -0.39 is 0 Å². The second-order valence-electron chi connectivity index (χ2n) is 4.15. The predicted molar refractivity (Wildman–Crippen MR) is 63.9 cm³/mol. The van der Waals surface area contributed by atoms with E-state index in [-0.39, 0.29) is 17.6 Å². The number of aliphatic hydroxyl groups excluding tert-OH is 1. The largest absolute Gasteiger partial charge is 0.392 e. The molecule has 0 aromatic rings. The molecule has 0 aliphatic heterocycles. The number of halogens is 1. The van der Waals surface area contributed by atoms with Gasteiger partial charge < -0.3 is 9.84 Å². The summed E-state index contributed by atoms with van der Waals surface area (Å²) in [6.07, 6.45) is 2.86. The van der Waals surface area contributed by atoms with Gasteiger partial charge in [-0.3, -0.25) is 0 Å². The monoisotopic (exact) mass is 266 g/mol. The van der Waals surface area contributed by atoms with E-state index in [0.717, 1.165) is 19.3 Å². The maximum atomic E-state index is 9.91. The van der Waals surface area contributed by atoms with E-state index in [1.807, 2.05) is 0 Å². The zero-order valence-corrected chi connectivity index (χ0v) is 11.3. The van der Waals surface area contributed by atoms with Gasteiger partial charge in [-0.25, -0.2) is 0 Å². The van der Waals surface area contributed by atoms with Gasteiger partial charge in [-0.05, 0) is 24.7 Å². The van der Waals surface area contributed by atoms with Crippen LogP contribution in [0.15, 0.2) is 0 Å². The molecule has 3 heteroatoms. The zero-order valence-electron chi connectivity index (χ0n) is 9.72. The van der Waals surface area contributed by atoms with Gasteiger partial charge in [0, 0.05) is 12.4 Å². The molecule has 0 radical (unpaired) electrons. The smallest absolute Gasteiger partial charge is 0.0691 e. The quantitative estimate of drug-likeness (QED) is 0.718. The molecule has 0 aromatic heterocycles. The molecular formula is C11H23BrO2. The lowest BCUT2D eigenvalue weighted by atomic mass is 9.77. The van der Waals surface area contributed by atoms with Crippen LogP contribution in [0.1, 0.15) is 40.0 Å². The van der Waals surface area contributed by atoms with Crippen LogP contribution >= 0.6 is 15.9 Å². The Morgan fingerprint density at radius 3 is 2.29 bits per heavy atom. The molecule has 3 atom stereocenters. The van der Waals surface area contributed by atoms with Crippen molar-refractivity contribution in [3.63, 3.8) is 0 Å². The molecule has 86 valence electrons. The Hall–Kier alpha value is 0.400. The van der Waals surface area contributed by atoms with Gasteiger partial charge in [-0.2, -0.15) is 0 Å². The maximum absolute atomic E-state index is 9.91. The third-order valence-corrected chi connectivity index (χ3v) is 3.85. The van der Waals surface area contributed by atoms with Gasteiger partial charge in [-0.1, -0.05) is 36.7 Å². The second-order valence-corrected chi connectivity index (χ2v) is 4.80. The number of ether oxygens (including phenoxy) is 1. The molecular weight excluding hydrogens is 244 g/mol. The van der Waals surface area contributed by atoms with E-state index in [0.29, 0.717) is 5.33 Å². The normalized spacial score (nSPS) is 20.1. The topological polar surface area (TPSA) is 29.5 Å². The van der Waals surface area contributed by atoms with Gasteiger partial charge in [0.2, 0.25) is 0 Å². The average Bonchev–Trinajstić information content (AvgIpc) is 2.24. The summed E-state index contributed by atoms with van der Waals surface area (Å²) in [7, 11) is 1.74. The van der Waals surface area contributed by atoms with E-state index in [4.69, 9.17) is 4.74 Å². The molecule has 0 amide bonds. The highest BCUT2D eigenvalue weighted by molar-refractivity contribution is 9.09. The molecule has 3 unspecified atom stereocenters. The minimum Gasteiger partial charge on any atom is -0.392 e. The highest BCUT2D eigenvalue weighted by atomic mass is 79.9. The summed E-state index contributed by atoms with van der Waals surface area (Å²) < 4.78 is 5.37. The van der Waals surface area contributed by atoms with Gasteiger partial charge in [0.05, 0.1) is 12.2 Å². The van der Waals surface area contributed by atoms with Crippen molar-refractivity contribution in [2.45, 2.75) is 52.2 Å². The van der Waals surface area contributed by atoms with Crippen molar-refractivity contribution in [3.8, 4) is 0 Å². The van der Waals surface area contributed by atoms with Crippen LogP contribution in [0.4, 0.5) is 0 Å². The molecule has 0 fully saturated rings. The average molecular weight is 267 g/mol. The van der Waals surface area contributed by atoms with E-state index >= 15 is 0 Å². The van der Waals surface area contributed by atoms with Gasteiger partial charge >= 0.3 is 0 Å². The Morgan fingerprint density at radius 2 is 2.00 bits per heavy atom. The van der Waals surface area contributed by atoms with Crippen LogP contribution < -0.4 is 0 Å². The molecule has 0 saturated heterocycles. The summed E-state index contributed by atoms with van der Waals surface area (Å²) in [5, 5.41) is 10.6. The van der Waals surface area contributed by atoms with Gasteiger partial charge in [-0.15, -0.1) is 0 Å². The fourth-order valence-corrected chi connectivity index (χ4v) is 2.40.